The Morgan fingerprint density at radius 1 is 0.935 bits per heavy atom. The SMILES string of the molecule is O=C(Cc1ccc(Cl)cc1)N(Cc1ccc2c(c1)OCO2)Cc1c[nH]c2ccccc12. The van der Waals surface area contributed by atoms with Crippen LogP contribution in [0, 0.1) is 0 Å². The number of halogens is 1. The number of amides is 1. The summed E-state index contributed by atoms with van der Waals surface area (Å²) in [4.78, 5) is 18.5. The minimum absolute atomic E-state index is 0.0465. The van der Waals surface area contributed by atoms with E-state index in [4.69, 9.17) is 21.1 Å². The predicted molar refractivity (Wildman–Crippen MR) is 120 cm³/mol. The number of carbonyl (C=O) groups excluding carboxylic acids is 1. The maximum Gasteiger partial charge on any atom is 0.231 e. The summed E-state index contributed by atoms with van der Waals surface area (Å²) in [5.74, 6) is 1.50. The zero-order valence-corrected chi connectivity index (χ0v) is 17.6. The molecule has 5 nitrogen and oxygen atoms in total. The third kappa shape index (κ3) is 4.23. The average Bonchev–Trinajstić information content (AvgIpc) is 3.41. The molecule has 1 aliphatic heterocycles. The molecule has 0 spiro atoms. The number of ether oxygens (including phenoxy) is 2. The fourth-order valence-electron chi connectivity index (χ4n) is 3.85. The zero-order valence-electron chi connectivity index (χ0n) is 16.8. The van der Waals surface area contributed by atoms with Gasteiger partial charge in [0.1, 0.15) is 0 Å². The zero-order chi connectivity index (χ0) is 21.2. The summed E-state index contributed by atoms with van der Waals surface area (Å²) in [5, 5.41) is 1.78. The normalized spacial score (nSPS) is 12.3. The molecule has 4 aromatic rings. The summed E-state index contributed by atoms with van der Waals surface area (Å²) < 4.78 is 10.9. The molecule has 0 bridgehead atoms. The average molecular weight is 433 g/mol. The Kier molecular flexibility index (Phi) is 5.26. The standard InChI is InChI=1S/C25H21ClN2O3/c26-20-8-5-17(6-9-20)12-25(29)28(14-18-7-10-23-24(11-18)31-16-30-23)15-19-13-27-22-4-2-1-3-21(19)22/h1-11,13,27H,12,14-16H2. The molecule has 6 heteroatoms. The number of para-hydroxylation sites is 1. The molecule has 156 valence electrons. The lowest BCUT2D eigenvalue weighted by molar-refractivity contribution is -0.131. The summed E-state index contributed by atoms with van der Waals surface area (Å²) >= 11 is 5.99. The van der Waals surface area contributed by atoms with E-state index in [1.54, 1.807) is 0 Å². The molecule has 1 N–H and O–H groups in total. The second-order valence-corrected chi connectivity index (χ2v) is 8.04. The molecular formula is C25H21ClN2O3. The first kappa shape index (κ1) is 19.5. The molecule has 1 aromatic heterocycles. The van der Waals surface area contributed by atoms with Crippen LogP contribution in [0.25, 0.3) is 10.9 Å². The van der Waals surface area contributed by atoms with Crippen molar-refractivity contribution in [2.45, 2.75) is 19.5 Å². The van der Waals surface area contributed by atoms with Crippen LogP contribution in [0.2, 0.25) is 5.02 Å². The first-order valence-corrected chi connectivity index (χ1v) is 10.5. The van der Waals surface area contributed by atoms with Gasteiger partial charge in [-0.15, -0.1) is 0 Å². The number of hydrogen-bond acceptors (Lipinski definition) is 3. The van der Waals surface area contributed by atoms with E-state index in [1.807, 2.05) is 71.8 Å². The largest absolute Gasteiger partial charge is 0.454 e. The Morgan fingerprint density at radius 2 is 1.71 bits per heavy atom. The van der Waals surface area contributed by atoms with Crippen molar-refractivity contribution in [1.29, 1.82) is 0 Å². The number of aromatic nitrogens is 1. The number of benzene rings is 3. The first-order valence-electron chi connectivity index (χ1n) is 10.1. The van der Waals surface area contributed by atoms with Crippen LogP contribution < -0.4 is 9.47 Å². The van der Waals surface area contributed by atoms with Crippen LogP contribution in [0.3, 0.4) is 0 Å². The molecule has 0 radical (unpaired) electrons. The summed E-state index contributed by atoms with van der Waals surface area (Å²) in [6, 6.07) is 21.3. The maximum absolute atomic E-state index is 13.3. The fourth-order valence-corrected chi connectivity index (χ4v) is 3.97. The van der Waals surface area contributed by atoms with E-state index in [1.165, 1.54) is 0 Å². The number of nitrogens with one attached hydrogen (secondary N) is 1. The highest BCUT2D eigenvalue weighted by atomic mass is 35.5. The van der Waals surface area contributed by atoms with Crippen molar-refractivity contribution in [3.63, 3.8) is 0 Å². The Hall–Kier alpha value is -3.44. The van der Waals surface area contributed by atoms with Crippen LogP contribution in [-0.4, -0.2) is 22.6 Å². The Morgan fingerprint density at radius 3 is 2.58 bits per heavy atom. The second-order valence-electron chi connectivity index (χ2n) is 7.60. The minimum Gasteiger partial charge on any atom is -0.454 e. The molecule has 0 saturated heterocycles. The molecule has 0 saturated carbocycles. The van der Waals surface area contributed by atoms with Crippen molar-refractivity contribution in [3.05, 3.63) is 94.6 Å². The Labute approximate surface area is 185 Å². The molecule has 0 aliphatic carbocycles. The topological polar surface area (TPSA) is 54.6 Å². The van der Waals surface area contributed by atoms with E-state index in [9.17, 15) is 4.79 Å². The molecule has 1 aliphatic rings. The van der Waals surface area contributed by atoms with E-state index in [-0.39, 0.29) is 12.7 Å². The molecule has 31 heavy (non-hydrogen) atoms. The lowest BCUT2D eigenvalue weighted by Gasteiger charge is -2.23. The molecule has 0 fully saturated rings. The van der Waals surface area contributed by atoms with Gasteiger partial charge in [-0.2, -0.15) is 0 Å². The minimum atomic E-state index is 0.0465. The van der Waals surface area contributed by atoms with Gasteiger partial charge in [0.2, 0.25) is 12.7 Å². The molecule has 1 amide bonds. The molecular weight excluding hydrogens is 412 g/mol. The third-order valence-corrected chi connectivity index (χ3v) is 5.72. The van der Waals surface area contributed by atoms with Gasteiger partial charge in [-0.1, -0.05) is 48.0 Å². The van der Waals surface area contributed by atoms with Gasteiger partial charge in [-0.3, -0.25) is 4.79 Å². The van der Waals surface area contributed by atoms with Gasteiger partial charge < -0.3 is 19.4 Å². The highest BCUT2D eigenvalue weighted by Crippen LogP contribution is 2.33. The quantitative estimate of drug-likeness (QED) is 0.448. The van der Waals surface area contributed by atoms with Gasteiger partial charge in [0.15, 0.2) is 11.5 Å². The van der Waals surface area contributed by atoms with Crippen LogP contribution in [-0.2, 0) is 24.3 Å². The smallest absolute Gasteiger partial charge is 0.231 e. The number of fused-ring (bicyclic) bond motifs is 2. The summed E-state index contributed by atoms with van der Waals surface area (Å²) in [6.45, 7) is 1.21. The van der Waals surface area contributed by atoms with E-state index in [2.05, 4.69) is 11.1 Å². The van der Waals surface area contributed by atoms with Crippen LogP contribution in [0.15, 0.2) is 72.9 Å². The highest BCUT2D eigenvalue weighted by Gasteiger charge is 2.19. The lowest BCUT2D eigenvalue weighted by Crippen LogP contribution is -2.31. The van der Waals surface area contributed by atoms with Crippen molar-refractivity contribution >= 4 is 28.4 Å². The number of hydrogen-bond donors (Lipinski definition) is 1. The lowest BCUT2D eigenvalue weighted by atomic mass is 10.1. The number of carbonyl (C=O) groups is 1. The Balaban J connectivity index is 1.42. The number of rotatable bonds is 6. The van der Waals surface area contributed by atoms with E-state index in [0.29, 0.717) is 24.5 Å². The molecule has 5 rings (SSSR count). The van der Waals surface area contributed by atoms with Crippen molar-refractivity contribution in [2.24, 2.45) is 0 Å². The number of aromatic amines is 1. The van der Waals surface area contributed by atoms with Crippen molar-refractivity contribution < 1.29 is 14.3 Å². The second kappa shape index (κ2) is 8.36. The van der Waals surface area contributed by atoms with Gasteiger partial charge in [-0.05, 0) is 47.0 Å². The van der Waals surface area contributed by atoms with E-state index in [0.717, 1.165) is 39.1 Å². The van der Waals surface area contributed by atoms with Crippen LogP contribution in [0.4, 0.5) is 0 Å². The summed E-state index contributed by atoms with van der Waals surface area (Å²) in [5.41, 5.74) is 4.07. The molecule has 2 heterocycles. The van der Waals surface area contributed by atoms with Gasteiger partial charge in [0.05, 0.1) is 6.42 Å². The fraction of sp³-hybridized carbons (Fsp3) is 0.160. The molecule has 0 unspecified atom stereocenters. The van der Waals surface area contributed by atoms with Gasteiger partial charge in [0.25, 0.3) is 0 Å². The van der Waals surface area contributed by atoms with Crippen LogP contribution >= 0.6 is 11.6 Å². The van der Waals surface area contributed by atoms with E-state index >= 15 is 0 Å². The van der Waals surface area contributed by atoms with Gasteiger partial charge in [-0.25, -0.2) is 0 Å². The third-order valence-electron chi connectivity index (χ3n) is 5.47. The molecule has 3 aromatic carbocycles. The number of nitrogens with zero attached hydrogens (tertiary/aromatic N) is 1. The Bertz CT molecular complexity index is 1230. The van der Waals surface area contributed by atoms with Gasteiger partial charge >= 0.3 is 0 Å². The molecule has 0 atom stereocenters. The highest BCUT2D eigenvalue weighted by molar-refractivity contribution is 6.30. The maximum atomic E-state index is 13.3. The summed E-state index contributed by atoms with van der Waals surface area (Å²) in [7, 11) is 0. The van der Waals surface area contributed by atoms with Crippen molar-refractivity contribution in [2.75, 3.05) is 6.79 Å². The van der Waals surface area contributed by atoms with E-state index < -0.39 is 0 Å². The van der Waals surface area contributed by atoms with Crippen LogP contribution in [0.1, 0.15) is 16.7 Å². The first-order chi connectivity index (χ1) is 15.2. The van der Waals surface area contributed by atoms with Gasteiger partial charge in [0, 0.05) is 35.2 Å². The predicted octanol–water partition coefficient (Wildman–Crippen LogP) is 5.32. The van der Waals surface area contributed by atoms with Crippen molar-refractivity contribution in [3.8, 4) is 11.5 Å². The number of H-pyrrole nitrogens is 1. The van der Waals surface area contributed by atoms with Crippen molar-refractivity contribution in [1.82, 2.24) is 9.88 Å². The monoisotopic (exact) mass is 432 g/mol. The van der Waals surface area contributed by atoms with Crippen LogP contribution in [0.5, 0.6) is 11.5 Å². The summed E-state index contributed by atoms with van der Waals surface area (Å²) in [6.07, 6.45) is 2.29.